The maximum Gasteiger partial charge on any atom is 0.257 e. The van der Waals surface area contributed by atoms with Gasteiger partial charge in [0.05, 0.1) is 11.6 Å². The summed E-state index contributed by atoms with van der Waals surface area (Å²) < 4.78 is 18.7. The number of methoxy groups -OCH3 is 1. The van der Waals surface area contributed by atoms with Gasteiger partial charge in [-0.2, -0.15) is 10.4 Å². The van der Waals surface area contributed by atoms with E-state index in [2.05, 4.69) is 16.5 Å². The molecule has 30 heavy (non-hydrogen) atoms. The molecule has 1 N–H and O–H groups in total. The third kappa shape index (κ3) is 5.37. The van der Waals surface area contributed by atoms with E-state index in [1.54, 1.807) is 80.3 Å². The molecule has 0 unspecified atom stereocenters. The first kappa shape index (κ1) is 20.9. The minimum absolute atomic E-state index is 0.328. The van der Waals surface area contributed by atoms with E-state index in [4.69, 9.17) is 19.5 Å². The molecule has 1 heterocycles. The lowest BCUT2D eigenvalue weighted by molar-refractivity contribution is -0.134. The highest BCUT2D eigenvalue weighted by atomic mass is 16.7. The smallest absolute Gasteiger partial charge is 0.257 e. The van der Waals surface area contributed by atoms with Gasteiger partial charge in [-0.05, 0) is 36.4 Å². The van der Waals surface area contributed by atoms with Crippen molar-refractivity contribution in [3.8, 4) is 23.3 Å². The van der Waals surface area contributed by atoms with Crippen LogP contribution in [0.15, 0.2) is 54.7 Å². The summed E-state index contributed by atoms with van der Waals surface area (Å²) in [5.74, 6) is 0.490. The van der Waals surface area contributed by atoms with Crippen LogP contribution in [0.4, 0.5) is 5.82 Å². The normalized spacial score (nSPS) is 10.9. The van der Waals surface area contributed by atoms with Crippen LogP contribution in [0.5, 0.6) is 17.2 Å². The minimum Gasteiger partial charge on any atom is -0.463 e. The van der Waals surface area contributed by atoms with Crippen molar-refractivity contribution in [1.29, 1.82) is 5.26 Å². The second kappa shape index (κ2) is 8.68. The summed E-state index contributed by atoms with van der Waals surface area (Å²) in [5.41, 5.74) is 0.852. The Morgan fingerprint density at radius 3 is 2.40 bits per heavy atom. The number of benzene rings is 2. The molecule has 3 rings (SSSR count). The quantitative estimate of drug-likeness (QED) is 0.593. The number of hydrogen-bond acceptors (Lipinski definition) is 6. The highest BCUT2D eigenvalue weighted by molar-refractivity contribution is 6.04. The number of amides is 1. The highest BCUT2D eigenvalue weighted by Gasteiger charge is 2.20. The molecule has 3 aromatic rings. The SMILES string of the molecule is COC(C)(C)Oc1cc(Oc2ccc(C#N)cc2)cc(C(=O)Nc2ccn(C)n2)c1. The molecule has 0 atom stereocenters. The molecule has 154 valence electrons. The molecule has 8 nitrogen and oxygen atoms in total. The Balaban J connectivity index is 1.90. The van der Waals surface area contributed by atoms with Crippen LogP contribution in [0.25, 0.3) is 0 Å². The van der Waals surface area contributed by atoms with E-state index in [9.17, 15) is 4.79 Å². The number of hydrogen-bond donors (Lipinski definition) is 1. The lowest BCUT2D eigenvalue weighted by Gasteiger charge is -2.25. The van der Waals surface area contributed by atoms with E-state index < -0.39 is 5.79 Å². The maximum absolute atomic E-state index is 12.8. The molecule has 1 aromatic heterocycles. The van der Waals surface area contributed by atoms with Crippen molar-refractivity contribution in [3.05, 3.63) is 65.9 Å². The number of aromatic nitrogens is 2. The average Bonchev–Trinajstić information content (AvgIpc) is 3.12. The summed E-state index contributed by atoms with van der Waals surface area (Å²) in [6, 6.07) is 15.3. The molecular formula is C22H22N4O4. The second-order valence-electron chi connectivity index (χ2n) is 6.97. The first-order valence-electron chi connectivity index (χ1n) is 9.16. The summed E-state index contributed by atoms with van der Waals surface area (Å²) in [6.45, 7) is 3.52. The predicted octanol–water partition coefficient (Wildman–Crippen LogP) is 4.10. The van der Waals surface area contributed by atoms with Crippen LogP contribution in [0, 0.1) is 11.3 Å². The molecule has 0 aliphatic rings. The Labute approximate surface area is 174 Å². The first-order chi connectivity index (χ1) is 14.3. The third-order valence-corrected chi connectivity index (χ3v) is 4.17. The standard InChI is InChI=1S/C22H22N4O4/c1-22(2,28-4)30-19-12-16(21(27)24-20-9-10-26(3)25-20)11-18(13-19)29-17-7-5-15(14-23)6-8-17/h5-13H,1-4H3,(H,24,25,27). The number of carbonyl (C=O) groups is 1. The fraction of sp³-hybridized carbons (Fsp3) is 0.227. The van der Waals surface area contributed by atoms with Crippen LogP contribution in [0.3, 0.4) is 0 Å². The Morgan fingerprint density at radius 1 is 1.10 bits per heavy atom. The summed E-state index contributed by atoms with van der Waals surface area (Å²) in [7, 11) is 3.30. The van der Waals surface area contributed by atoms with E-state index in [0.717, 1.165) is 0 Å². The molecule has 0 aliphatic heterocycles. The molecule has 0 aliphatic carbocycles. The minimum atomic E-state index is -0.901. The Kier molecular flexibility index (Phi) is 6.04. The van der Waals surface area contributed by atoms with Crippen LogP contribution in [-0.4, -0.2) is 28.6 Å². The van der Waals surface area contributed by atoms with Crippen molar-refractivity contribution < 1.29 is 19.0 Å². The zero-order chi connectivity index (χ0) is 21.7. The lowest BCUT2D eigenvalue weighted by atomic mass is 10.1. The van der Waals surface area contributed by atoms with Crippen molar-refractivity contribution >= 4 is 11.7 Å². The van der Waals surface area contributed by atoms with Crippen LogP contribution >= 0.6 is 0 Å². The molecular weight excluding hydrogens is 384 g/mol. The summed E-state index contributed by atoms with van der Waals surface area (Å²) in [6.07, 6.45) is 1.73. The first-order valence-corrected chi connectivity index (χ1v) is 9.16. The van der Waals surface area contributed by atoms with Gasteiger partial charge in [-0.3, -0.25) is 9.48 Å². The third-order valence-electron chi connectivity index (χ3n) is 4.17. The molecule has 1 amide bonds. The monoisotopic (exact) mass is 406 g/mol. The van der Waals surface area contributed by atoms with Crippen LogP contribution in [0.2, 0.25) is 0 Å². The van der Waals surface area contributed by atoms with E-state index in [1.807, 2.05) is 0 Å². The van der Waals surface area contributed by atoms with Crippen LogP contribution < -0.4 is 14.8 Å². The van der Waals surface area contributed by atoms with Crippen LogP contribution in [0.1, 0.15) is 29.8 Å². The summed E-state index contributed by atoms with van der Waals surface area (Å²) in [5, 5.41) is 15.8. The Bertz CT molecular complexity index is 1080. The van der Waals surface area contributed by atoms with E-state index >= 15 is 0 Å². The maximum atomic E-state index is 12.8. The molecule has 0 fully saturated rings. The average molecular weight is 406 g/mol. The van der Waals surface area contributed by atoms with Gasteiger partial charge in [-0.25, -0.2) is 0 Å². The van der Waals surface area contributed by atoms with Crippen molar-refractivity contribution in [3.63, 3.8) is 0 Å². The van der Waals surface area contributed by atoms with E-state index in [1.165, 1.54) is 7.11 Å². The molecule has 0 saturated heterocycles. The largest absolute Gasteiger partial charge is 0.463 e. The molecule has 0 radical (unpaired) electrons. The number of carbonyl (C=O) groups excluding carboxylic acids is 1. The number of rotatable bonds is 7. The van der Waals surface area contributed by atoms with Crippen molar-refractivity contribution in [2.75, 3.05) is 12.4 Å². The number of anilines is 1. The van der Waals surface area contributed by atoms with Gasteiger partial charge in [0.1, 0.15) is 17.2 Å². The zero-order valence-corrected chi connectivity index (χ0v) is 17.2. The van der Waals surface area contributed by atoms with E-state index in [-0.39, 0.29) is 5.91 Å². The number of nitriles is 1. The van der Waals surface area contributed by atoms with Gasteiger partial charge >= 0.3 is 0 Å². The van der Waals surface area contributed by atoms with Crippen molar-refractivity contribution in [2.24, 2.45) is 7.05 Å². The van der Waals surface area contributed by atoms with Crippen LogP contribution in [-0.2, 0) is 11.8 Å². The summed E-state index contributed by atoms with van der Waals surface area (Å²) in [4.78, 5) is 12.8. The van der Waals surface area contributed by atoms with Gasteiger partial charge in [-0.1, -0.05) is 0 Å². The number of aryl methyl sites for hydroxylation is 1. The van der Waals surface area contributed by atoms with Crippen molar-refractivity contribution in [2.45, 2.75) is 19.6 Å². The molecule has 0 spiro atoms. The van der Waals surface area contributed by atoms with Gasteiger partial charge < -0.3 is 19.5 Å². The number of nitrogens with zero attached hydrogens (tertiary/aromatic N) is 3. The van der Waals surface area contributed by atoms with Gasteiger partial charge in [0.2, 0.25) is 5.79 Å². The van der Waals surface area contributed by atoms with Gasteiger partial charge in [-0.15, -0.1) is 0 Å². The molecule has 0 saturated carbocycles. The molecule has 2 aromatic carbocycles. The van der Waals surface area contributed by atoms with Gasteiger partial charge in [0.15, 0.2) is 5.82 Å². The highest BCUT2D eigenvalue weighted by Crippen LogP contribution is 2.30. The fourth-order valence-electron chi connectivity index (χ4n) is 2.55. The zero-order valence-electron chi connectivity index (χ0n) is 17.2. The number of ether oxygens (including phenoxy) is 3. The lowest BCUT2D eigenvalue weighted by Crippen LogP contribution is -2.30. The van der Waals surface area contributed by atoms with Gasteiger partial charge in [0.25, 0.3) is 5.91 Å². The Morgan fingerprint density at radius 2 is 1.80 bits per heavy atom. The molecule has 8 heteroatoms. The predicted molar refractivity (Wildman–Crippen MR) is 111 cm³/mol. The van der Waals surface area contributed by atoms with E-state index in [0.29, 0.717) is 34.2 Å². The molecule has 0 bridgehead atoms. The second-order valence-corrected chi connectivity index (χ2v) is 6.97. The summed E-state index contributed by atoms with van der Waals surface area (Å²) >= 11 is 0. The fourth-order valence-corrected chi connectivity index (χ4v) is 2.55. The topological polar surface area (TPSA) is 98.4 Å². The van der Waals surface area contributed by atoms with Gasteiger partial charge in [0, 0.05) is 51.9 Å². The van der Waals surface area contributed by atoms with Crippen molar-refractivity contribution in [1.82, 2.24) is 9.78 Å². The number of nitrogens with one attached hydrogen (secondary N) is 1. The Hall–Kier alpha value is -3.83.